The maximum absolute atomic E-state index is 6.29. The second-order valence-electron chi connectivity index (χ2n) is 6.43. The van der Waals surface area contributed by atoms with Crippen molar-refractivity contribution in [2.75, 3.05) is 19.6 Å². The van der Waals surface area contributed by atoms with Gasteiger partial charge in [0.05, 0.1) is 0 Å². The van der Waals surface area contributed by atoms with Crippen molar-refractivity contribution in [2.24, 2.45) is 11.7 Å². The van der Waals surface area contributed by atoms with Crippen LogP contribution in [0.1, 0.15) is 49.3 Å². The lowest BCUT2D eigenvalue weighted by atomic mass is 9.87. The molecule has 3 heteroatoms. The average molecular weight is 278 g/mol. The fourth-order valence-corrected chi connectivity index (χ4v) is 4.68. The summed E-state index contributed by atoms with van der Waals surface area (Å²) in [4.78, 5) is 4.18. The van der Waals surface area contributed by atoms with Crippen LogP contribution in [-0.4, -0.2) is 30.6 Å². The van der Waals surface area contributed by atoms with E-state index >= 15 is 0 Å². The predicted molar refractivity (Wildman–Crippen MR) is 82.7 cm³/mol. The highest BCUT2D eigenvalue weighted by molar-refractivity contribution is 7.10. The Hall–Kier alpha value is -0.380. The van der Waals surface area contributed by atoms with Crippen molar-refractivity contribution in [1.82, 2.24) is 4.90 Å². The van der Waals surface area contributed by atoms with Gasteiger partial charge in [0.2, 0.25) is 0 Å². The second kappa shape index (κ2) is 6.38. The summed E-state index contributed by atoms with van der Waals surface area (Å²) >= 11 is 1.90. The number of nitrogens with two attached hydrogens (primary N) is 1. The van der Waals surface area contributed by atoms with Crippen LogP contribution in [0.3, 0.4) is 0 Å². The molecular formula is C16H26N2S. The monoisotopic (exact) mass is 278 g/mol. The molecule has 0 aromatic carbocycles. The standard InChI is InChI=1S/C16H26N2S/c17-15-9-14(16-7-4-8-19-16)11-18(12-15)10-13-5-2-1-3-6-13/h4,7-8,13-15H,1-3,5-6,9-12,17H2. The van der Waals surface area contributed by atoms with Gasteiger partial charge in [-0.2, -0.15) is 0 Å². The number of piperidine rings is 1. The Balaban J connectivity index is 1.58. The second-order valence-corrected chi connectivity index (χ2v) is 7.41. The highest BCUT2D eigenvalue weighted by Gasteiger charge is 2.28. The number of likely N-dealkylation sites (tertiary alicyclic amines) is 1. The van der Waals surface area contributed by atoms with Crippen LogP contribution >= 0.6 is 11.3 Å². The lowest BCUT2D eigenvalue weighted by molar-refractivity contribution is 0.148. The van der Waals surface area contributed by atoms with Crippen LogP contribution in [0.15, 0.2) is 17.5 Å². The van der Waals surface area contributed by atoms with Crippen LogP contribution in [0, 0.1) is 5.92 Å². The van der Waals surface area contributed by atoms with Gasteiger partial charge in [-0.15, -0.1) is 11.3 Å². The van der Waals surface area contributed by atoms with Crippen LogP contribution in [0.4, 0.5) is 0 Å². The Morgan fingerprint density at radius 2 is 2.05 bits per heavy atom. The minimum absolute atomic E-state index is 0.365. The molecule has 1 aliphatic heterocycles. The van der Waals surface area contributed by atoms with Crippen LogP contribution in [0.25, 0.3) is 0 Å². The van der Waals surface area contributed by atoms with Gasteiger partial charge in [-0.05, 0) is 36.6 Å². The first-order valence-corrected chi connectivity index (χ1v) is 8.70. The van der Waals surface area contributed by atoms with E-state index < -0.39 is 0 Å². The van der Waals surface area contributed by atoms with Crippen LogP contribution in [0.5, 0.6) is 0 Å². The van der Waals surface area contributed by atoms with E-state index in [1.807, 2.05) is 11.3 Å². The van der Waals surface area contributed by atoms with Gasteiger partial charge in [-0.1, -0.05) is 25.3 Å². The van der Waals surface area contributed by atoms with Gasteiger partial charge in [-0.3, -0.25) is 0 Å². The summed E-state index contributed by atoms with van der Waals surface area (Å²) in [5, 5.41) is 2.20. The summed E-state index contributed by atoms with van der Waals surface area (Å²) in [6.07, 6.45) is 8.39. The van der Waals surface area contributed by atoms with E-state index in [4.69, 9.17) is 5.73 Å². The SMILES string of the molecule is NC1CC(c2cccs2)CN(CC2CCCCC2)C1. The first kappa shape index (κ1) is 13.6. The topological polar surface area (TPSA) is 29.3 Å². The zero-order chi connectivity index (χ0) is 13.1. The summed E-state index contributed by atoms with van der Waals surface area (Å²) in [7, 11) is 0. The van der Waals surface area contributed by atoms with E-state index in [1.165, 1.54) is 56.5 Å². The summed E-state index contributed by atoms with van der Waals surface area (Å²) < 4.78 is 0. The zero-order valence-corrected chi connectivity index (χ0v) is 12.6. The van der Waals surface area contributed by atoms with Crippen molar-refractivity contribution < 1.29 is 0 Å². The van der Waals surface area contributed by atoms with Gasteiger partial charge in [0.1, 0.15) is 0 Å². The molecule has 1 aromatic rings. The maximum atomic E-state index is 6.29. The van der Waals surface area contributed by atoms with Gasteiger partial charge >= 0.3 is 0 Å². The Morgan fingerprint density at radius 1 is 1.21 bits per heavy atom. The van der Waals surface area contributed by atoms with E-state index in [2.05, 4.69) is 22.4 Å². The lowest BCUT2D eigenvalue weighted by Gasteiger charge is -2.38. The zero-order valence-electron chi connectivity index (χ0n) is 11.8. The number of rotatable bonds is 3. The molecule has 2 nitrogen and oxygen atoms in total. The molecule has 2 atom stereocenters. The van der Waals surface area contributed by atoms with Crippen molar-refractivity contribution in [3.05, 3.63) is 22.4 Å². The molecule has 1 saturated heterocycles. The summed E-state index contributed by atoms with van der Waals surface area (Å²) in [5.41, 5.74) is 6.29. The van der Waals surface area contributed by atoms with Gasteiger partial charge in [0, 0.05) is 36.5 Å². The van der Waals surface area contributed by atoms with E-state index in [-0.39, 0.29) is 0 Å². The molecule has 2 N–H and O–H groups in total. The fourth-order valence-electron chi connectivity index (χ4n) is 3.85. The molecule has 3 rings (SSSR count). The van der Waals surface area contributed by atoms with Crippen molar-refractivity contribution in [2.45, 2.75) is 50.5 Å². The van der Waals surface area contributed by atoms with Crippen molar-refractivity contribution in [3.63, 3.8) is 0 Å². The molecule has 2 fully saturated rings. The third kappa shape index (κ3) is 3.59. The summed E-state index contributed by atoms with van der Waals surface area (Å²) in [6, 6.07) is 4.82. The molecule has 106 valence electrons. The Kier molecular flexibility index (Phi) is 4.57. The van der Waals surface area contributed by atoms with Crippen LogP contribution < -0.4 is 5.73 Å². The van der Waals surface area contributed by atoms with E-state index in [0.29, 0.717) is 12.0 Å². The van der Waals surface area contributed by atoms with Gasteiger partial charge < -0.3 is 10.6 Å². The maximum Gasteiger partial charge on any atom is 0.0174 e. The van der Waals surface area contributed by atoms with E-state index in [0.717, 1.165) is 12.5 Å². The molecule has 19 heavy (non-hydrogen) atoms. The van der Waals surface area contributed by atoms with Gasteiger partial charge in [-0.25, -0.2) is 0 Å². The number of nitrogens with zero attached hydrogens (tertiary/aromatic N) is 1. The minimum atomic E-state index is 0.365. The lowest BCUT2D eigenvalue weighted by Crippen LogP contribution is -2.47. The number of hydrogen-bond acceptors (Lipinski definition) is 3. The predicted octanol–water partition coefficient (Wildman–Crippen LogP) is 3.45. The van der Waals surface area contributed by atoms with E-state index in [9.17, 15) is 0 Å². The molecule has 0 spiro atoms. The molecule has 2 unspecified atom stereocenters. The third-order valence-electron chi connectivity index (χ3n) is 4.75. The Bertz CT molecular complexity index is 370. The highest BCUT2D eigenvalue weighted by atomic mass is 32.1. The first-order valence-electron chi connectivity index (χ1n) is 7.82. The third-order valence-corrected chi connectivity index (χ3v) is 5.78. The Labute approximate surface area is 121 Å². The molecule has 0 bridgehead atoms. The van der Waals surface area contributed by atoms with Crippen LogP contribution in [0.2, 0.25) is 0 Å². The van der Waals surface area contributed by atoms with Crippen molar-refractivity contribution in [3.8, 4) is 0 Å². The molecule has 2 heterocycles. The number of thiophene rings is 1. The van der Waals surface area contributed by atoms with Crippen molar-refractivity contribution in [1.29, 1.82) is 0 Å². The van der Waals surface area contributed by atoms with Gasteiger partial charge in [0.15, 0.2) is 0 Å². The summed E-state index contributed by atoms with van der Waals surface area (Å²) in [5.74, 6) is 1.61. The summed E-state index contributed by atoms with van der Waals surface area (Å²) in [6.45, 7) is 3.62. The molecule has 0 radical (unpaired) electrons. The largest absolute Gasteiger partial charge is 0.327 e. The fraction of sp³-hybridized carbons (Fsp3) is 0.750. The molecule has 0 amide bonds. The number of hydrogen-bond donors (Lipinski definition) is 1. The normalized spacial score (nSPS) is 30.6. The van der Waals surface area contributed by atoms with Crippen LogP contribution in [-0.2, 0) is 0 Å². The Morgan fingerprint density at radius 3 is 2.79 bits per heavy atom. The minimum Gasteiger partial charge on any atom is -0.327 e. The first-order chi connectivity index (χ1) is 9.31. The molecule has 1 saturated carbocycles. The quantitative estimate of drug-likeness (QED) is 0.917. The molecule has 1 aliphatic carbocycles. The molecule has 2 aliphatic rings. The molecular weight excluding hydrogens is 252 g/mol. The van der Waals surface area contributed by atoms with Crippen molar-refractivity contribution >= 4 is 11.3 Å². The average Bonchev–Trinajstić information content (AvgIpc) is 2.93. The smallest absolute Gasteiger partial charge is 0.0174 e. The van der Waals surface area contributed by atoms with E-state index in [1.54, 1.807) is 0 Å². The highest BCUT2D eigenvalue weighted by Crippen LogP contribution is 2.31. The molecule has 1 aromatic heterocycles. The van der Waals surface area contributed by atoms with Gasteiger partial charge in [0.25, 0.3) is 0 Å².